The van der Waals surface area contributed by atoms with Crippen LogP contribution in [-0.4, -0.2) is 86.8 Å². The van der Waals surface area contributed by atoms with Gasteiger partial charge in [-0.1, -0.05) is 0 Å². The molecular weight excluding hydrogens is 296 g/mol. The largest absolute Gasteiger partial charge is 0.453 e. The van der Waals surface area contributed by atoms with Crippen LogP contribution in [0.1, 0.15) is 25.7 Å². The molecule has 0 aliphatic carbocycles. The predicted molar refractivity (Wildman–Crippen MR) is 88.4 cm³/mol. The Hall–Kier alpha value is -1.50. The number of likely N-dealkylation sites (tertiary alicyclic amines) is 2. The molecule has 2 aliphatic rings. The van der Waals surface area contributed by atoms with E-state index in [-0.39, 0.29) is 18.2 Å². The first-order valence-electron chi connectivity index (χ1n) is 8.52. The van der Waals surface area contributed by atoms with Crippen LogP contribution in [0.5, 0.6) is 0 Å². The summed E-state index contributed by atoms with van der Waals surface area (Å²) in [5.41, 5.74) is 0. The molecule has 0 radical (unpaired) electrons. The van der Waals surface area contributed by atoms with Crippen molar-refractivity contribution in [3.8, 4) is 0 Å². The average Bonchev–Trinajstić information content (AvgIpc) is 2.56. The van der Waals surface area contributed by atoms with E-state index in [0.717, 1.165) is 45.3 Å². The maximum Gasteiger partial charge on any atom is 0.409 e. The van der Waals surface area contributed by atoms with Crippen LogP contribution in [-0.2, 0) is 4.74 Å². The molecule has 1 N–H and O–H groups in total. The van der Waals surface area contributed by atoms with Gasteiger partial charge in [0.2, 0.25) is 0 Å². The maximum absolute atomic E-state index is 12.4. The van der Waals surface area contributed by atoms with E-state index in [2.05, 4.69) is 17.3 Å². The number of hydrogen-bond donors (Lipinski definition) is 1. The topological polar surface area (TPSA) is 65.1 Å². The third-order valence-corrected chi connectivity index (χ3v) is 4.90. The Morgan fingerprint density at radius 1 is 1.22 bits per heavy atom. The first kappa shape index (κ1) is 17.8. The van der Waals surface area contributed by atoms with Gasteiger partial charge in [0.05, 0.1) is 7.11 Å². The standard InChI is InChI=1S/C16H30N4O3/c1-18-9-6-13(7-10-18)11-19(2)15(21)17-14-5-4-8-20(12-14)16(22)23-3/h13-14H,4-12H2,1-3H3,(H,17,21)/t14-/m0/s1. The van der Waals surface area contributed by atoms with Crippen molar-refractivity contribution >= 4 is 12.1 Å². The summed E-state index contributed by atoms with van der Waals surface area (Å²) in [5.74, 6) is 0.583. The number of methoxy groups -OCH3 is 1. The lowest BCUT2D eigenvalue weighted by Gasteiger charge is -2.34. The van der Waals surface area contributed by atoms with E-state index in [1.165, 1.54) is 7.11 Å². The lowest BCUT2D eigenvalue weighted by molar-refractivity contribution is 0.106. The highest BCUT2D eigenvalue weighted by Crippen LogP contribution is 2.17. The number of nitrogens with one attached hydrogen (secondary N) is 1. The van der Waals surface area contributed by atoms with Gasteiger partial charge in [0.15, 0.2) is 0 Å². The van der Waals surface area contributed by atoms with Crippen LogP contribution in [0.15, 0.2) is 0 Å². The van der Waals surface area contributed by atoms with Crippen molar-refractivity contribution in [1.82, 2.24) is 20.0 Å². The summed E-state index contributed by atoms with van der Waals surface area (Å²) in [7, 11) is 5.39. The Labute approximate surface area is 138 Å². The van der Waals surface area contributed by atoms with Crippen molar-refractivity contribution in [1.29, 1.82) is 0 Å². The van der Waals surface area contributed by atoms with Gasteiger partial charge in [0, 0.05) is 32.7 Å². The maximum atomic E-state index is 12.4. The zero-order valence-corrected chi connectivity index (χ0v) is 14.6. The Morgan fingerprint density at radius 2 is 1.91 bits per heavy atom. The van der Waals surface area contributed by atoms with E-state index >= 15 is 0 Å². The SMILES string of the molecule is COC(=O)N1CCC[C@H](NC(=O)N(C)CC2CCN(C)CC2)C1. The molecule has 2 fully saturated rings. The van der Waals surface area contributed by atoms with Gasteiger partial charge in [0.25, 0.3) is 0 Å². The third kappa shape index (κ3) is 5.27. The summed E-state index contributed by atoms with van der Waals surface area (Å²) in [5, 5.41) is 3.05. The number of rotatable bonds is 3. The summed E-state index contributed by atoms with van der Waals surface area (Å²) in [6, 6.07) is -0.0315. The number of nitrogens with zero attached hydrogens (tertiary/aromatic N) is 3. The Kier molecular flexibility index (Phi) is 6.50. The van der Waals surface area contributed by atoms with Crippen LogP contribution in [0.3, 0.4) is 0 Å². The van der Waals surface area contributed by atoms with E-state index in [4.69, 9.17) is 4.74 Å². The number of hydrogen-bond acceptors (Lipinski definition) is 4. The summed E-state index contributed by atoms with van der Waals surface area (Å²) < 4.78 is 4.76. The van der Waals surface area contributed by atoms with Crippen LogP contribution in [0, 0.1) is 5.92 Å². The van der Waals surface area contributed by atoms with Crippen LogP contribution in [0.25, 0.3) is 0 Å². The Morgan fingerprint density at radius 3 is 2.57 bits per heavy atom. The quantitative estimate of drug-likeness (QED) is 0.846. The fraction of sp³-hybridized carbons (Fsp3) is 0.875. The highest BCUT2D eigenvalue weighted by Gasteiger charge is 2.27. The molecule has 0 aromatic rings. The number of amides is 3. The highest BCUT2D eigenvalue weighted by molar-refractivity contribution is 5.74. The molecule has 2 rings (SSSR count). The van der Waals surface area contributed by atoms with Gasteiger partial charge in [-0.25, -0.2) is 9.59 Å². The minimum absolute atomic E-state index is 0.00953. The zero-order valence-electron chi connectivity index (χ0n) is 14.6. The van der Waals surface area contributed by atoms with Crippen molar-refractivity contribution < 1.29 is 14.3 Å². The van der Waals surface area contributed by atoms with E-state index in [0.29, 0.717) is 19.0 Å². The first-order chi connectivity index (χ1) is 11.0. The molecule has 2 aliphatic heterocycles. The van der Waals surface area contributed by atoms with Crippen molar-refractivity contribution in [2.24, 2.45) is 5.92 Å². The zero-order chi connectivity index (χ0) is 16.8. The van der Waals surface area contributed by atoms with E-state index in [1.54, 1.807) is 9.80 Å². The molecule has 23 heavy (non-hydrogen) atoms. The van der Waals surface area contributed by atoms with Gasteiger partial charge in [-0.3, -0.25) is 0 Å². The smallest absolute Gasteiger partial charge is 0.409 e. The first-order valence-corrected chi connectivity index (χ1v) is 8.52. The normalized spacial score (nSPS) is 23.4. The molecule has 7 nitrogen and oxygen atoms in total. The average molecular weight is 326 g/mol. The van der Waals surface area contributed by atoms with Crippen molar-refractivity contribution in [2.75, 3.05) is 53.9 Å². The summed E-state index contributed by atoms with van der Waals surface area (Å²) in [4.78, 5) is 29.7. The molecule has 7 heteroatoms. The van der Waals surface area contributed by atoms with Crippen molar-refractivity contribution in [2.45, 2.75) is 31.7 Å². The van der Waals surface area contributed by atoms with Crippen LogP contribution >= 0.6 is 0 Å². The second kappa shape index (κ2) is 8.38. The molecule has 2 saturated heterocycles. The van der Waals surface area contributed by atoms with Gasteiger partial charge >= 0.3 is 12.1 Å². The lowest BCUT2D eigenvalue weighted by Crippen LogP contribution is -2.52. The monoisotopic (exact) mass is 326 g/mol. The Balaban J connectivity index is 1.75. The number of carbonyl (C=O) groups is 2. The molecule has 0 bridgehead atoms. The lowest BCUT2D eigenvalue weighted by atomic mass is 9.97. The summed E-state index contributed by atoms with van der Waals surface area (Å²) in [6.45, 7) is 4.24. The fourth-order valence-electron chi connectivity index (χ4n) is 3.39. The van der Waals surface area contributed by atoms with E-state index < -0.39 is 0 Å². The highest BCUT2D eigenvalue weighted by atomic mass is 16.5. The fourth-order valence-corrected chi connectivity index (χ4v) is 3.39. The molecule has 3 amide bonds. The second-order valence-electron chi connectivity index (χ2n) is 6.83. The molecule has 0 spiro atoms. The molecule has 2 heterocycles. The molecule has 0 aromatic heterocycles. The molecule has 0 saturated carbocycles. The minimum Gasteiger partial charge on any atom is -0.453 e. The summed E-state index contributed by atoms with van der Waals surface area (Å²) in [6.07, 6.45) is 3.77. The Bertz CT molecular complexity index is 410. The van der Waals surface area contributed by atoms with E-state index in [9.17, 15) is 9.59 Å². The van der Waals surface area contributed by atoms with Crippen LogP contribution in [0.2, 0.25) is 0 Å². The van der Waals surface area contributed by atoms with Crippen molar-refractivity contribution in [3.63, 3.8) is 0 Å². The van der Waals surface area contributed by atoms with Gasteiger partial charge in [-0.15, -0.1) is 0 Å². The van der Waals surface area contributed by atoms with Gasteiger partial charge in [-0.2, -0.15) is 0 Å². The summed E-state index contributed by atoms with van der Waals surface area (Å²) >= 11 is 0. The predicted octanol–water partition coefficient (Wildman–Crippen LogP) is 1.20. The molecule has 0 unspecified atom stereocenters. The van der Waals surface area contributed by atoms with Gasteiger partial charge in [-0.05, 0) is 51.7 Å². The molecule has 132 valence electrons. The van der Waals surface area contributed by atoms with E-state index in [1.807, 2.05) is 7.05 Å². The number of ether oxygens (including phenoxy) is 1. The molecule has 0 aromatic carbocycles. The van der Waals surface area contributed by atoms with Gasteiger partial charge in [0.1, 0.15) is 0 Å². The van der Waals surface area contributed by atoms with Crippen molar-refractivity contribution in [3.05, 3.63) is 0 Å². The second-order valence-corrected chi connectivity index (χ2v) is 6.83. The third-order valence-electron chi connectivity index (χ3n) is 4.90. The van der Waals surface area contributed by atoms with Crippen LogP contribution in [0.4, 0.5) is 9.59 Å². The number of urea groups is 1. The number of carbonyl (C=O) groups excluding carboxylic acids is 2. The van der Waals surface area contributed by atoms with Gasteiger partial charge < -0.3 is 24.8 Å². The molecule has 1 atom stereocenters. The minimum atomic E-state index is -0.316. The van der Waals surface area contributed by atoms with Crippen LogP contribution < -0.4 is 5.32 Å². The molecular formula is C16H30N4O3. The number of piperidine rings is 2.